The molecule has 4 rings (SSSR count). The number of hydrogen-bond acceptors (Lipinski definition) is 7. The number of aryl methyl sites for hydroxylation is 1. The van der Waals surface area contributed by atoms with Crippen LogP contribution in [0.1, 0.15) is 37.8 Å². The van der Waals surface area contributed by atoms with Gasteiger partial charge in [0.15, 0.2) is 0 Å². The molecule has 1 aromatic heterocycles. The van der Waals surface area contributed by atoms with E-state index in [1.807, 2.05) is 6.92 Å². The van der Waals surface area contributed by atoms with Gasteiger partial charge in [-0.15, -0.1) is 0 Å². The van der Waals surface area contributed by atoms with Crippen LogP contribution < -0.4 is 4.90 Å². The van der Waals surface area contributed by atoms with Crippen LogP contribution in [0.3, 0.4) is 0 Å². The first-order chi connectivity index (χ1) is 13.2. The lowest BCUT2D eigenvalue weighted by Crippen LogP contribution is -2.51. The lowest BCUT2D eigenvalue weighted by molar-refractivity contribution is 0.00978. The molecule has 0 amide bonds. The van der Waals surface area contributed by atoms with Crippen molar-refractivity contribution in [3.05, 3.63) is 18.1 Å². The van der Waals surface area contributed by atoms with Crippen LogP contribution in [0.5, 0.6) is 0 Å². The van der Waals surface area contributed by atoms with Crippen LogP contribution in [0.2, 0.25) is 0 Å². The van der Waals surface area contributed by atoms with E-state index in [1.54, 1.807) is 6.33 Å². The van der Waals surface area contributed by atoms with E-state index in [0.717, 1.165) is 37.4 Å². The molecule has 156 valence electrons. The van der Waals surface area contributed by atoms with Crippen molar-refractivity contribution in [1.29, 1.82) is 0 Å². The Morgan fingerprint density at radius 1 is 1.18 bits per heavy atom. The van der Waals surface area contributed by atoms with Crippen molar-refractivity contribution in [3.8, 4) is 0 Å². The summed E-state index contributed by atoms with van der Waals surface area (Å²) in [5, 5.41) is 10.9. The van der Waals surface area contributed by atoms with E-state index < -0.39 is 15.6 Å². The van der Waals surface area contributed by atoms with Gasteiger partial charge in [-0.05, 0) is 39.0 Å². The lowest BCUT2D eigenvalue weighted by Gasteiger charge is -2.41. The van der Waals surface area contributed by atoms with E-state index in [-0.39, 0.29) is 6.54 Å². The standard InChI is InChI=1S/C19H31N5O3S/c1-15-11-18(21-14-20-15)24(16-3-4-16)17-5-8-22(9-6-17)12-19(25)7-10-23(13-19)28(2,26)27/h11,14,16-17,25H,3-10,12-13H2,1-2H3. The molecule has 9 heteroatoms. The summed E-state index contributed by atoms with van der Waals surface area (Å²) >= 11 is 0. The van der Waals surface area contributed by atoms with Crippen LogP contribution in [0.15, 0.2) is 12.4 Å². The highest BCUT2D eigenvalue weighted by molar-refractivity contribution is 7.88. The third-order valence-electron chi connectivity index (χ3n) is 6.23. The summed E-state index contributed by atoms with van der Waals surface area (Å²) < 4.78 is 24.9. The van der Waals surface area contributed by atoms with Gasteiger partial charge in [0.1, 0.15) is 12.1 Å². The fourth-order valence-electron chi connectivity index (χ4n) is 4.61. The molecule has 28 heavy (non-hydrogen) atoms. The van der Waals surface area contributed by atoms with Gasteiger partial charge in [0, 0.05) is 56.6 Å². The zero-order valence-corrected chi connectivity index (χ0v) is 17.6. The number of nitrogens with zero attached hydrogens (tertiary/aromatic N) is 5. The maximum atomic E-state index is 11.7. The molecular formula is C19H31N5O3S. The summed E-state index contributed by atoms with van der Waals surface area (Å²) in [6.07, 6.45) is 7.89. The average molecular weight is 410 g/mol. The van der Waals surface area contributed by atoms with Gasteiger partial charge < -0.3 is 14.9 Å². The van der Waals surface area contributed by atoms with Gasteiger partial charge in [-0.1, -0.05) is 0 Å². The Labute approximate surface area is 167 Å². The van der Waals surface area contributed by atoms with Crippen LogP contribution in [0.4, 0.5) is 5.82 Å². The topological polar surface area (TPSA) is 89.9 Å². The summed E-state index contributed by atoms with van der Waals surface area (Å²) in [7, 11) is -3.24. The largest absolute Gasteiger partial charge is 0.387 e. The number of rotatable bonds is 6. The van der Waals surface area contributed by atoms with Gasteiger partial charge in [0.05, 0.1) is 11.9 Å². The van der Waals surface area contributed by atoms with E-state index in [9.17, 15) is 13.5 Å². The molecule has 1 saturated carbocycles. The van der Waals surface area contributed by atoms with Gasteiger partial charge >= 0.3 is 0 Å². The second-order valence-corrected chi connectivity index (χ2v) is 10.7. The van der Waals surface area contributed by atoms with Crippen molar-refractivity contribution in [2.45, 2.75) is 56.7 Å². The molecule has 1 atom stereocenters. The minimum atomic E-state index is -3.24. The minimum absolute atomic E-state index is 0.209. The van der Waals surface area contributed by atoms with E-state index in [4.69, 9.17) is 0 Å². The molecule has 2 aliphatic heterocycles. The maximum absolute atomic E-state index is 11.7. The molecule has 0 bridgehead atoms. The highest BCUT2D eigenvalue weighted by Crippen LogP contribution is 2.35. The molecule has 2 saturated heterocycles. The Bertz CT molecular complexity index is 808. The fraction of sp³-hybridized carbons (Fsp3) is 0.789. The van der Waals surface area contributed by atoms with Crippen molar-refractivity contribution in [2.24, 2.45) is 0 Å². The number of sulfonamides is 1. The first-order valence-corrected chi connectivity index (χ1v) is 12.1. The van der Waals surface area contributed by atoms with Crippen LogP contribution >= 0.6 is 0 Å². The van der Waals surface area contributed by atoms with Gasteiger partial charge in [0.25, 0.3) is 0 Å². The Balaban J connectivity index is 1.35. The van der Waals surface area contributed by atoms with Crippen LogP contribution in [-0.2, 0) is 10.0 Å². The van der Waals surface area contributed by atoms with E-state index in [0.29, 0.717) is 31.6 Å². The number of aromatic nitrogens is 2. The molecule has 1 N–H and O–H groups in total. The predicted octanol–water partition coefficient (Wildman–Crippen LogP) is 0.615. The van der Waals surface area contributed by atoms with Crippen molar-refractivity contribution in [3.63, 3.8) is 0 Å². The Morgan fingerprint density at radius 3 is 2.43 bits per heavy atom. The SMILES string of the molecule is Cc1cc(N(C2CC2)C2CCN(CC3(O)CCN(S(C)(=O)=O)C3)CC2)ncn1. The number of β-amino-alcohol motifs (C(OH)–C–C–N with tert-alkyl or cyclic N) is 1. The van der Waals surface area contributed by atoms with Crippen molar-refractivity contribution in [2.75, 3.05) is 43.9 Å². The maximum Gasteiger partial charge on any atom is 0.211 e. The molecule has 3 fully saturated rings. The summed E-state index contributed by atoms with van der Waals surface area (Å²) in [4.78, 5) is 13.5. The highest BCUT2D eigenvalue weighted by Gasteiger charge is 2.42. The molecule has 3 heterocycles. The van der Waals surface area contributed by atoms with Gasteiger partial charge in [0.2, 0.25) is 10.0 Å². The van der Waals surface area contributed by atoms with Crippen LogP contribution in [0.25, 0.3) is 0 Å². The summed E-state index contributed by atoms with van der Waals surface area (Å²) in [6.45, 7) is 5.00. The molecule has 0 radical (unpaired) electrons. The molecule has 3 aliphatic rings. The molecule has 1 unspecified atom stereocenters. The Morgan fingerprint density at radius 2 is 1.86 bits per heavy atom. The van der Waals surface area contributed by atoms with Crippen LogP contribution in [-0.4, -0.2) is 89.4 Å². The smallest absolute Gasteiger partial charge is 0.211 e. The molecule has 1 aliphatic carbocycles. The third kappa shape index (κ3) is 4.48. The van der Waals surface area contributed by atoms with Crippen LogP contribution in [0, 0.1) is 6.92 Å². The normalized spacial score (nSPS) is 28.0. The van der Waals surface area contributed by atoms with Crippen molar-refractivity contribution >= 4 is 15.8 Å². The predicted molar refractivity (Wildman–Crippen MR) is 108 cm³/mol. The summed E-state index contributed by atoms with van der Waals surface area (Å²) in [5.41, 5.74) is 0.0579. The minimum Gasteiger partial charge on any atom is -0.387 e. The van der Waals surface area contributed by atoms with Gasteiger partial charge in [-0.2, -0.15) is 4.31 Å². The zero-order valence-electron chi connectivity index (χ0n) is 16.8. The number of anilines is 1. The molecule has 8 nitrogen and oxygen atoms in total. The monoisotopic (exact) mass is 409 g/mol. The number of hydrogen-bond donors (Lipinski definition) is 1. The Kier molecular flexibility index (Phi) is 5.37. The molecule has 0 spiro atoms. The van der Waals surface area contributed by atoms with E-state index in [1.165, 1.54) is 23.4 Å². The average Bonchev–Trinajstić information content (AvgIpc) is 3.37. The zero-order chi connectivity index (χ0) is 19.9. The third-order valence-corrected chi connectivity index (χ3v) is 7.48. The molecular weight excluding hydrogens is 378 g/mol. The second kappa shape index (κ2) is 7.51. The van der Waals surface area contributed by atoms with Gasteiger partial charge in [-0.25, -0.2) is 18.4 Å². The first kappa shape index (κ1) is 20.0. The quantitative estimate of drug-likeness (QED) is 0.736. The van der Waals surface area contributed by atoms with Crippen molar-refractivity contribution < 1.29 is 13.5 Å². The number of aliphatic hydroxyl groups is 1. The first-order valence-electron chi connectivity index (χ1n) is 10.2. The highest BCUT2D eigenvalue weighted by atomic mass is 32.2. The van der Waals surface area contributed by atoms with Gasteiger partial charge in [-0.3, -0.25) is 0 Å². The summed E-state index contributed by atoms with van der Waals surface area (Å²) in [6, 6.07) is 3.13. The second-order valence-electron chi connectivity index (χ2n) is 8.73. The van der Waals surface area contributed by atoms with E-state index >= 15 is 0 Å². The fourth-order valence-corrected chi connectivity index (χ4v) is 5.51. The van der Waals surface area contributed by atoms with Crippen molar-refractivity contribution in [1.82, 2.24) is 19.2 Å². The lowest BCUT2D eigenvalue weighted by atomic mass is 9.98. The Hall–Kier alpha value is -1.29. The molecule has 0 aromatic carbocycles. The summed E-state index contributed by atoms with van der Waals surface area (Å²) in [5.74, 6) is 1.03. The molecule has 1 aromatic rings. The number of piperidine rings is 1. The van der Waals surface area contributed by atoms with E-state index in [2.05, 4.69) is 25.8 Å². The number of likely N-dealkylation sites (tertiary alicyclic amines) is 1.